The van der Waals surface area contributed by atoms with E-state index >= 15 is 0 Å². The molecule has 0 fully saturated rings. The van der Waals surface area contributed by atoms with E-state index in [1.165, 1.54) is 111 Å². The molecule has 254 valence electrons. The van der Waals surface area contributed by atoms with Crippen molar-refractivity contribution in [2.75, 3.05) is 0 Å². The summed E-state index contributed by atoms with van der Waals surface area (Å²) in [7, 11) is 0. The Bertz CT molecular complexity index is 2900. The first kappa shape index (κ1) is 29.9. The predicted molar refractivity (Wildman–Crippen MR) is 226 cm³/mol. The molecule has 0 amide bonds. The summed E-state index contributed by atoms with van der Waals surface area (Å²) in [6, 6.07) is 62.9. The molecule has 2 aromatic heterocycles. The number of fused-ring (bicyclic) bond motifs is 8. The van der Waals surface area contributed by atoms with Gasteiger partial charge in [0.25, 0.3) is 0 Å². The molecule has 0 saturated heterocycles. The molecule has 2 aliphatic carbocycles. The topological polar surface area (TPSA) is 9.86 Å². The summed E-state index contributed by atoms with van der Waals surface area (Å²) < 4.78 is 5.11. The average Bonchev–Trinajstić information content (AvgIpc) is 3.76. The molecule has 0 bridgehead atoms. The highest BCUT2D eigenvalue weighted by molar-refractivity contribution is 6.17. The van der Waals surface area contributed by atoms with Crippen LogP contribution in [0.15, 0.2) is 170 Å². The fourth-order valence-electron chi connectivity index (χ4n) is 9.97. The SMILES string of the molecule is c1ccc(-c2ccc3c(c2)c2cc4c5c(c2n3-c2ccccc2)CCc2c-5c(cc3c5cc(-c6ccccc6)ccc5n(-c5ccccc5)c23)CC4)cc1. The van der Waals surface area contributed by atoms with Gasteiger partial charge in [0.15, 0.2) is 0 Å². The van der Waals surface area contributed by atoms with Crippen LogP contribution in [0.5, 0.6) is 0 Å². The first-order chi connectivity index (χ1) is 26.8. The molecule has 2 heteroatoms. The third kappa shape index (κ3) is 4.22. The van der Waals surface area contributed by atoms with Crippen LogP contribution in [0.2, 0.25) is 0 Å². The average molecular weight is 689 g/mol. The van der Waals surface area contributed by atoms with Gasteiger partial charge in [0.2, 0.25) is 0 Å². The zero-order chi connectivity index (χ0) is 35.3. The van der Waals surface area contributed by atoms with Crippen LogP contribution in [-0.4, -0.2) is 9.13 Å². The molecule has 12 rings (SSSR count). The van der Waals surface area contributed by atoms with Crippen LogP contribution in [0.3, 0.4) is 0 Å². The number of para-hydroxylation sites is 2. The molecule has 10 aromatic rings. The van der Waals surface area contributed by atoms with E-state index in [2.05, 4.69) is 179 Å². The van der Waals surface area contributed by atoms with Gasteiger partial charge >= 0.3 is 0 Å². The van der Waals surface area contributed by atoms with E-state index in [1.54, 1.807) is 0 Å². The van der Waals surface area contributed by atoms with Crippen molar-refractivity contribution in [2.24, 2.45) is 0 Å². The summed E-state index contributed by atoms with van der Waals surface area (Å²) in [6.07, 6.45) is 4.12. The molecule has 2 heterocycles. The molecule has 0 radical (unpaired) electrons. The molecule has 54 heavy (non-hydrogen) atoms. The summed E-state index contributed by atoms with van der Waals surface area (Å²) in [4.78, 5) is 0. The highest BCUT2D eigenvalue weighted by Gasteiger charge is 2.33. The number of nitrogens with zero attached hydrogens (tertiary/aromatic N) is 2. The van der Waals surface area contributed by atoms with Gasteiger partial charge < -0.3 is 9.13 Å². The highest BCUT2D eigenvalue weighted by atomic mass is 15.0. The second kappa shape index (κ2) is 11.4. The van der Waals surface area contributed by atoms with Gasteiger partial charge in [-0.3, -0.25) is 0 Å². The lowest BCUT2D eigenvalue weighted by molar-refractivity contribution is 0.883. The van der Waals surface area contributed by atoms with Crippen molar-refractivity contribution in [1.82, 2.24) is 9.13 Å². The predicted octanol–water partition coefficient (Wildman–Crippen LogP) is 13.1. The Labute approximate surface area is 314 Å². The van der Waals surface area contributed by atoms with E-state index in [0.29, 0.717) is 0 Å². The Morgan fingerprint density at radius 1 is 0.315 bits per heavy atom. The minimum absolute atomic E-state index is 1.01. The third-order valence-electron chi connectivity index (χ3n) is 12.2. The van der Waals surface area contributed by atoms with Crippen molar-refractivity contribution < 1.29 is 0 Å². The lowest BCUT2D eigenvalue weighted by Crippen LogP contribution is -2.16. The Balaban J connectivity index is 1.17. The Morgan fingerprint density at radius 2 is 0.704 bits per heavy atom. The molecule has 0 unspecified atom stereocenters. The third-order valence-corrected chi connectivity index (χ3v) is 12.2. The minimum atomic E-state index is 1.01. The van der Waals surface area contributed by atoms with E-state index in [9.17, 15) is 0 Å². The molecular weight excluding hydrogens is 653 g/mol. The molecule has 0 saturated carbocycles. The van der Waals surface area contributed by atoms with Crippen molar-refractivity contribution in [3.63, 3.8) is 0 Å². The zero-order valence-electron chi connectivity index (χ0n) is 29.9. The van der Waals surface area contributed by atoms with Gasteiger partial charge in [-0.1, -0.05) is 109 Å². The van der Waals surface area contributed by atoms with Crippen LogP contribution in [0, 0.1) is 0 Å². The fourth-order valence-corrected chi connectivity index (χ4v) is 9.97. The van der Waals surface area contributed by atoms with Crippen LogP contribution in [0.25, 0.3) is 88.4 Å². The highest BCUT2D eigenvalue weighted by Crippen LogP contribution is 2.51. The van der Waals surface area contributed by atoms with Crippen LogP contribution in [0.1, 0.15) is 22.3 Å². The summed E-state index contributed by atoms with van der Waals surface area (Å²) in [5, 5.41) is 5.42. The van der Waals surface area contributed by atoms with Gasteiger partial charge in [0.1, 0.15) is 0 Å². The number of rotatable bonds is 4. The second-order valence-corrected chi connectivity index (χ2v) is 15.1. The monoisotopic (exact) mass is 688 g/mol. The summed E-state index contributed by atoms with van der Waals surface area (Å²) in [5.74, 6) is 0. The van der Waals surface area contributed by atoms with Crippen molar-refractivity contribution in [1.29, 1.82) is 0 Å². The quantitative estimate of drug-likeness (QED) is 0.174. The van der Waals surface area contributed by atoms with Crippen LogP contribution >= 0.6 is 0 Å². The summed E-state index contributed by atoms with van der Waals surface area (Å²) >= 11 is 0. The van der Waals surface area contributed by atoms with Crippen molar-refractivity contribution >= 4 is 43.6 Å². The molecule has 2 aliphatic rings. The number of aromatic nitrogens is 2. The first-order valence-corrected chi connectivity index (χ1v) is 19.3. The Hall–Kier alpha value is -6.64. The molecule has 0 spiro atoms. The van der Waals surface area contributed by atoms with E-state index in [-0.39, 0.29) is 0 Å². The number of hydrogen-bond donors (Lipinski definition) is 0. The molecule has 8 aromatic carbocycles. The minimum Gasteiger partial charge on any atom is -0.309 e. The van der Waals surface area contributed by atoms with Crippen molar-refractivity contribution in [2.45, 2.75) is 25.7 Å². The van der Waals surface area contributed by atoms with Gasteiger partial charge in [-0.15, -0.1) is 0 Å². The van der Waals surface area contributed by atoms with E-state index in [1.807, 2.05) is 0 Å². The Kier molecular flexibility index (Phi) is 6.32. The molecule has 0 aliphatic heterocycles. The van der Waals surface area contributed by atoms with E-state index in [4.69, 9.17) is 0 Å². The largest absolute Gasteiger partial charge is 0.309 e. The number of hydrogen-bond acceptors (Lipinski definition) is 0. The van der Waals surface area contributed by atoms with Crippen molar-refractivity contribution in [3.8, 4) is 44.8 Å². The van der Waals surface area contributed by atoms with E-state index < -0.39 is 0 Å². The van der Waals surface area contributed by atoms with E-state index in [0.717, 1.165) is 25.7 Å². The zero-order valence-corrected chi connectivity index (χ0v) is 29.9. The van der Waals surface area contributed by atoms with Crippen LogP contribution in [-0.2, 0) is 25.7 Å². The van der Waals surface area contributed by atoms with Gasteiger partial charge in [-0.2, -0.15) is 0 Å². The van der Waals surface area contributed by atoms with Gasteiger partial charge in [-0.05, 0) is 142 Å². The maximum absolute atomic E-state index is 2.56. The van der Waals surface area contributed by atoms with Gasteiger partial charge in [0, 0.05) is 32.9 Å². The number of benzene rings is 8. The molecule has 2 nitrogen and oxygen atoms in total. The maximum Gasteiger partial charge on any atom is 0.0579 e. The standard InChI is InChI=1S/C52H36N2/c1-5-13-33(14-6-1)35-23-27-47-43(29-35)45-31-37-21-22-38-32-46-44-30-36(34-15-7-2-8-16-34)24-28-48(44)54(40-19-11-4-12-20-40)52(46)42-26-25-41(49(37)50(38)42)51(45)53(47)39-17-9-3-10-18-39/h1-20,23-24,27-32H,21-22,25-26H2. The Morgan fingerprint density at radius 3 is 1.11 bits per heavy atom. The van der Waals surface area contributed by atoms with Gasteiger partial charge in [0.05, 0.1) is 22.1 Å². The smallest absolute Gasteiger partial charge is 0.0579 e. The lowest BCUT2D eigenvalue weighted by atomic mass is 9.74. The summed E-state index contributed by atoms with van der Waals surface area (Å²) in [5.41, 5.74) is 21.8. The maximum atomic E-state index is 2.56. The van der Waals surface area contributed by atoms with Gasteiger partial charge in [-0.25, -0.2) is 0 Å². The molecular formula is C52H36N2. The van der Waals surface area contributed by atoms with Crippen molar-refractivity contribution in [3.05, 3.63) is 192 Å². The number of aryl methyl sites for hydroxylation is 4. The summed E-state index contributed by atoms with van der Waals surface area (Å²) in [6.45, 7) is 0. The first-order valence-electron chi connectivity index (χ1n) is 19.3. The fraction of sp³-hybridized carbons (Fsp3) is 0.0769. The molecule has 0 atom stereocenters. The van der Waals surface area contributed by atoms with Crippen LogP contribution < -0.4 is 0 Å². The van der Waals surface area contributed by atoms with Crippen LogP contribution in [0.4, 0.5) is 0 Å². The molecule has 0 N–H and O–H groups in total. The second-order valence-electron chi connectivity index (χ2n) is 15.1. The lowest BCUT2D eigenvalue weighted by Gasteiger charge is -2.31. The normalized spacial score (nSPS) is 13.3.